The van der Waals surface area contributed by atoms with E-state index in [0.29, 0.717) is 17.2 Å². The van der Waals surface area contributed by atoms with E-state index in [2.05, 4.69) is 6.92 Å². The summed E-state index contributed by atoms with van der Waals surface area (Å²) in [5.41, 5.74) is 0.580. The Morgan fingerprint density at radius 1 is 1.39 bits per heavy atom. The Hall–Kier alpha value is -1.09. The third-order valence-electron chi connectivity index (χ3n) is 3.62. The Bertz CT molecular complexity index is 403. The summed E-state index contributed by atoms with van der Waals surface area (Å²) in [6.07, 6.45) is 3.87. The minimum atomic E-state index is -0.650. The van der Waals surface area contributed by atoms with Gasteiger partial charge >= 0.3 is 0 Å². The van der Waals surface area contributed by atoms with Gasteiger partial charge in [0.1, 0.15) is 0 Å². The molecule has 0 aromatic heterocycles. The molecular formula is C15H21FO2. The van der Waals surface area contributed by atoms with Crippen molar-refractivity contribution in [2.75, 3.05) is 0 Å². The Morgan fingerprint density at radius 2 is 2.17 bits per heavy atom. The van der Waals surface area contributed by atoms with Gasteiger partial charge in [-0.3, -0.25) is 0 Å². The van der Waals surface area contributed by atoms with E-state index in [1.807, 2.05) is 0 Å². The molecule has 1 aromatic rings. The summed E-state index contributed by atoms with van der Waals surface area (Å²) >= 11 is 0. The number of aliphatic hydroxyl groups excluding tert-OH is 1. The van der Waals surface area contributed by atoms with E-state index in [9.17, 15) is 9.50 Å². The van der Waals surface area contributed by atoms with Crippen molar-refractivity contribution in [3.63, 3.8) is 0 Å². The molecule has 1 aliphatic rings. The molecule has 3 atom stereocenters. The largest absolute Gasteiger partial charge is 0.487 e. The molecule has 2 unspecified atom stereocenters. The van der Waals surface area contributed by atoms with Gasteiger partial charge in [-0.05, 0) is 49.8 Å². The van der Waals surface area contributed by atoms with E-state index in [1.54, 1.807) is 19.1 Å². The number of ether oxygens (including phenoxy) is 1. The highest BCUT2D eigenvalue weighted by Crippen LogP contribution is 2.29. The molecule has 2 nitrogen and oxygen atoms in total. The van der Waals surface area contributed by atoms with Gasteiger partial charge in [-0.15, -0.1) is 0 Å². The maximum atomic E-state index is 13.8. The molecule has 1 N–H and O–H groups in total. The van der Waals surface area contributed by atoms with Gasteiger partial charge in [-0.25, -0.2) is 4.39 Å². The van der Waals surface area contributed by atoms with E-state index >= 15 is 0 Å². The first kappa shape index (κ1) is 13.3. The van der Waals surface area contributed by atoms with E-state index in [4.69, 9.17) is 4.74 Å². The van der Waals surface area contributed by atoms with Crippen molar-refractivity contribution in [3.05, 3.63) is 29.6 Å². The molecular weight excluding hydrogens is 231 g/mol. The summed E-state index contributed by atoms with van der Waals surface area (Å²) in [5, 5.41) is 9.39. The fraction of sp³-hybridized carbons (Fsp3) is 0.600. The zero-order chi connectivity index (χ0) is 13.1. The predicted molar refractivity (Wildman–Crippen MR) is 69.1 cm³/mol. The number of hydrogen-bond acceptors (Lipinski definition) is 2. The third kappa shape index (κ3) is 3.22. The van der Waals surface area contributed by atoms with Crippen molar-refractivity contribution in [2.24, 2.45) is 5.92 Å². The van der Waals surface area contributed by atoms with Crippen LogP contribution in [-0.4, -0.2) is 11.2 Å². The maximum absolute atomic E-state index is 13.8. The molecule has 1 fully saturated rings. The van der Waals surface area contributed by atoms with Crippen LogP contribution in [0.25, 0.3) is 0 Å². The lowest BCUT2D eigenvalue weighted by molar-refractivity contribution is 0.124. The van der Waals surface area contributed by atoms with Gasteiger partial charge in [0.25, 0.3) is 0 Å². The van der Waals surface area contributed by atoms with Gasteiger partial charge in [0.2, 0.25) is 0 Å². The molecule has 1 aliphatic carbocycles. The van der Waals surface area contributed by atoms with Crippen LogP contribution in [0, 0.1) is 11.7 Å². The van der Waals surface area contributed by atoms with E-state index in [0.717, 1.165) is 19.3 Å². The lowest BCUT2D eigenvalue weighted by Gasteiger charge is -2.27. The van der Waals surface area contributed by atoms with Crippen molar-refractivity contribution in [3.8, 4) is 5.75 Å². The fourth-order valence-electron chi connectivity index (χ4n) is 2.54. The van der Waals surface area contributed by atoms with Crippen LogP contribution in [0.4, 0.5) is 4.39 Å². The smallest absolute Gasteiger partial charge is 0.165 e. The number of halogens is 1. The molecule has 0 saturated heterocycles. The molecule has 1 aromatic carbocycles. The highest BCUT2D eigenvalue weighted by Gasteiger charge is 2.21. The zero-order valence-electron chi connectivity index (χ0n) is 11.0. The van der Waals surface area contributed by atoms with Crippen LogP contribution in [0.3, 0.4) is 0 Å². The molecule has 2 rings (SSSR count). The Kier molecular flexibility index (Phi) is 4.23. The average Bonchev–Trinajstić information content (AvgIpc) is 2.31. The Labute approximate surface area is 108 Å². The highest BCUT2D eigenvalue weighted by atomic mass is 19.1. The molecule has 18 heavy (non-hydrogen) atoms. The number of benzene rings is 1. The molecule has 0 amide bonds. The van der Waals surface area contributed by atoms with E-state index < -0.39 is 6.10 Å². The minimum absolute atomic E-state index is 0.126. The van der Waals surface area contributed by atoms with Gasteiger partial charge in [-0.1, -0.05) is 19.4 Å². The van der Waals surface area contributed by atoms with Crippen molar-refractivity contribution in [2.45, 2.75) is 51.7 Å². The first-order valence-electron chi connectivity index (χ1n) is 6.70. The predicted octanol–water partition coefficient (Wildman–Crippen LogP) is 3.84. The normalized spacial score (nSPS) is 25.8. The summed E-state index contributed by atoms with van der Waals surface area (Å²) in [5.74, 6) is 0.577. The first-order chi connectivity index (χ1) is 8.56. The molecule has 0 bridgehead atoms. The summed E-state index contributed by atoms with van der Waals surface area (Å²) in [4.78, 5) is 0. The number of hydrogen-bond donors (Lipinski definition) is 1. The SMILES string of the molecule is CC1CCCC(Oc2ccc([C@H](C)O)cc2F)C1. The summed E-state index contributed by atoms with van der Waals surface area (Å²) in [6.45, 7) is 3.83. The molecule has 100 valence electrons. The lowest BCUT2D eigenvalue weighted by Crippen LogP contribution is -2.24. The molecule has 3 heteroatoms. The van der Waals surface area contributed by atoms with Gasteiger partial charge in [-0.2, -0.15) is 0 Å². The van der Waals surface area contributed by atoms with E-state index in [-0.39, 0.29) is 11.9 Å². The van der Waals surface area contributed by atoms with Crippen LogP contribution >= 0.6 is 0 Å². The van der Waals surface area contributed by atoms with Crippen LogP contribution < -0.4 is 4.74 Å². The van der Waals surface area contributed by atoms with Gasteiger partial charge in [0.05, 0.1) is 12.2 Å². The van der Waals surface area contributed by atoms with Crippen molar-refractivity contribution in [1.82, 2.24) is 0 Å². The quantitative estimate of drug-likeness (QED) is 0.885. The lowest BCUT2D eigenvalue weighted by atomic mass is 9.89. The average molecular weight is 252 g/mol. The maximum Gasteiger partial charge on any atom is 0.165 e. The summed E-state index contributed by atoms with van der Waals surface area (Å²) < 4.78 is 19.6. The van der Waals surface area contributed by atoms with E-state index in [1.165, 1.54) is 12.5 Å². The highest BCUT2D eigenvalue weighted by molar-refractivity contribution is 5.30. The zero-order valence-corrected chi connectivity index (χ0v) is 11.0. The van der Waals surface area contributed by atoms with Crippen LogP contribution in [0.2, 0.25) is 0 Å². The van der Waals surface area contributed by atoms with Crippen LogP contribution in [-0.2, 0) is 0 Å². The molecule has 0 radical (unpaired) electrons. The van der Waals surface area contributed by atoms with Gasteiger partial charge < -0.3 is 9.84 Å². The number of rotatable bonds is 3. The first-order valence-corrected chi connectivity index (χ1v) is 6.70. The Morgan fingerprint density at radius 3 is 2.78 bits per heavy atom. The molecule has 0 heterocycles. The third-order valence-corrected chi connectivity index (χ3v) is 3.62. The summed E-state index contributed by atoms with van der Waals surface area (Å²) in [6, 6.07) is 4.69. The second-order valence-corrected chi connectivity index (χ2v) is 5.38. The van der Waals surface area contributed by atoms with Crippen molar-refractivity contribution < 1.29 is 14.2 Å². The monoisotopic (exact) mass is 252 g/mol. The van der Waals surface area contributed by atoms with Crippen molar-refractivity contribution >= 4 is 0 Å². The minimum Gasteiger partial charge on any atom is -0.487 e. The fourth-order valence-corrected chi connectivity index (χ4v) is 2.54. The molecule has 1 saturated carbocycles. The standard InChI is InChI=1S/C15H21FO2/c1-10-4-3-5-13(8-10)18-15-7-6-12(11(2)17)9-14(15)16/h6-7,9-11,13,17H,3-5,8H2,1-2H3/t10?,11-,13?/m0/s1. The number of aliphatic hydroxyl groups is 1. The van der Waals surface area contributed by atoms with Crippen LogP contribution in [0.5, 0.6) is 5.75 Å². The van der Waals surface area contributed by atoms with Crippen LogP contribution in [0.1, 0.15) is 51.2 Å². The summed E-state index contributed by atoms with van der Waals surface area (Å²) in [7, 11) is 0. The second-order valence-electron chi connectivity index (χ2n) is 5.38. The van der Waals surface area contributed by atoms with Crippen LogP contribution in [0.15, 0.2) is 18.2 Å². The molecule has 0 spiro atoms. The van der Waals surface area contributed by atoms with Crippen molar-refractivity contribution in [1.29, 1.82) is 0 Å². The van der Waals surface area contributed by atoms with Gasteiger partial charge in [0, 0.05) is 0 Å². The Balaban J connectivity index is 2.05. The topological polar surface area (TPSA) is 29.5 Å². The molecule has 0 aliphatic heterocycles. The van der Waals surface area contributed by atoms with Gasteiger partial charge in [0.15, 0.2) is 11.6 Å². The second kappa shape index (κ2) is 5.70.